The van der Waals surface area contributed by atoms with Crippen LogP contribution in [0.5, 0.6) is 0 Å². The van der Waals surface area contributed by atoms with Crippen molar-refractivity contribution in [2.24, 2.45) is 4.99 Å². The summed E-state index contributed by atoms with van der Waals surface area (Å²) in [5, 5.41) is 4.17. The SMILES string of the molecule is CCC1CCSC(Nc2ccc(F)cc2Br)=N1. The molecule has 0 saturated heterocycles. The van der Waals surface area contributed by atoms with Crippen LogP contribution in [0.25, 0.3) is 0 Å². The lowest BCUT2D eigenvalue weighted by molar-refractivity contribution is 0.627. The highest BCUT2D eigenvalue weighted by Crippen LogP contribution is 2.26. The minimum absolute atomic E-state index is 0.243. The molecule has 0 saturated carbocycles. The summed E-state index contributed by atoms with van der Waals surface area (Å²) in [5.74, 6) is 0.843. The number of hydrogen-bond donors (Lipinski definition) is 1. The van der Waals surface area contributed by atoms with Crippen molar-refractivity contribution >= 4 is 38.5 Å². The summed E-state index contributed by atoms with van der Waals surface area (Å²) in [7, 11) is 0. The highest BCUT2D eigenvalue weighted by atomic mass is 79.9. The molecule has 0 amide bonds. The average molecular weight is 317 g/mol. The van der Waals surface area contributed by atoms with E-state index in [1.807, 2.05) is 0 Å². The highest BCUT2D eigenvalue weighted by Gasteiger charge is 2.14. The van der Waals surface area contributed by atoms with E-state index >= 15 is 0 Å². The fourth-order valence-electron chi connectivity index (χ4n) is 1.63. The number of rotatable bonds is 2. The number of halogens is 2. The summed E-state index contributed by atoms with van der Waals surface area (Å²) in [6.07, 6.45) is 2.20. The molecular weight excluding hydrogens is 303 g/mol. The summed E-state index contributed by atoms with van der Waals surface area (Å²) in [6, 6.07) is 5.03. The number of thioether (sulfide) groups is 1. The first-order chi connectivity index (χ1) is 8.19. The molecule has 1 aromatic carbocycles. The van der Waals surface area contributed by atoms with Crippen molar-refractivity contribution in [3.05, 3.63) is 28.5 Å². The maximum atomic E-state index is 12.9. The smallest absolute Gasteiger partial charge is 0.161 e. The normalized spacial score (nSPS) is 19.9. The summed E-state index contributed by atoms with van der Waals surface area (Å²) >= 11 is 5.05. The van der Waals surface area contributed by atoms with Gasteiger partial charge in [-0.3, -0.25) is 4.99 Å². The van der Waals surface area contributed by atoms with E-state index in [-0.39, 0.29) is 5.82 Å². The molecule has 1 unspecified atom stereocenters. The van der Waals surface area contributed by atoms with Crippen molar-refractivity contribution in [2.45, 2.75) is 25.8 Å². The molecule has 0 aliphatic carbocycles. The Hall–Kier alpha value is -0.550. The van der Waals surface area contributed by atoms with Crippen molar-refractivity contribution in [1.82, 2.24) is 0 Å². The molecular formula is C12H14BrFN2S. The summed E-state index contributed by atoms with van der Waals surface area (Å²) in [4.78, 5) is 4.61. The zero-order chi connectivity index (χ0) is 12.3. The zero-order valence-corrected chi connectivity index (χ0v) is 11.9. The van der Waals surface area contributed by atoms with E-state index in [4.69, 9.17) is 0 Å². The van der Waals surface area contributed by atoms with Gasteiger partial charge in [-0.05, 0) is 47.0 Å². The zero-order valence-electron chi connectivity index (χ0n) is 9.54. The molecule has 1 heterocycles. The van der Waals surface area contributed by atoms with Gasteiger partial charge in [0.1, 0.15) is 5.82 Å². The van der Waals surface area contributed by atoms with Gasteiger partial charge >= 0.3 is 0 Å². The highest BCUT2D eigenvalue weighted by molar-refractivity contribution is 9.10. The van der Waals surface area contributed by atoms with Crippen LogP contribution in [0.2, 0.25) is 0 Å². The first-order valence-electron chi connectivity index (χ1n) is 5.61. The van der Waals surface area contributed by atoms with Crippen molar-refractivity contribution in [3.8, 4) is 0 Å². The van der Waals surface area contributed by atoms with Gasteiger partial charge in [-0.1, -0.05) is 18.7 Å². The summed E-state index contributed by atoms with van der Waals surface area (Å²) < 4.78 is 13.7. The number of aliphatic imine (C=N–C) groups is 1. The van der Waals surface area contributed by atoms with E-state index in [0.29, 0.717) is 6.04 Å². The van der Waals surface area contributed by atoms with E-state index in [2.05, 4.69) is 33.2 Å². The third kappa shape index (κ3) is 3.45. The van der Waals surface area contributed by atoms with E-state index in [9.17, 15) is 4.39 Å². The molecule has 0 aromatic heterocycles. The van der Waals surface area contributed by atoms with E-state index in [1.165, 1.54) is 12.1 Å². The van der Waals surface area contributed by atoms with Crippen LogP contribution in [0, 0.1) is 5.82 Å². The van der Waals surface area contributed by atoms with Crippen LogP contribution < -0.4 is 5.32 Å². The van der Waals surface area contributed by atoms with Crippen LogP contribution in [0.4, 0.5) is 10.1 Å². The third-order valence-electron chi connectivity index (χ3n) is 2.63. The molecule has 1 atom stereocenters. The van der Waals surface area contributed by atoms with Crippen LogP contribution in [-0.2, 0) is 0 Å². The number of hydrogen-bond acceptors (Lipinski definition) is 3. The first-order valence-corrected chi connectivity index (χ1v) is 7.39. The summed E-state index contributed by atoms with van der Waals surface area (Å²) in [6.45, 7) is 2.15. The van der Waals surface area contributed by atoms with Crippen molar-refractivity contribution in [1.29, 1.82) is 0 Å². The fourth-order valence-corrected chi connectivity index (χ4v) is 3.07. The summed E-state index contributed by atoms with van der Waals surface area (Å²) in [5.41, 5.74) is 0.856. The lowest BCUT2D eigenvalue weighted by atomic mass is 10.2. The minimum atomic E-state index is -0.243. The molecule has 0 bridgehead atoms. The second-order valence-electron chi connectivity index (χ2n) is 3.88. The Morgan fingerprint density at radius 3 is 3.12 bits per heavy atom. The Morgan fingerprint density at radius 1 is 1.59 bits per heavy atom. The molecule has 1 aromatic rings. The van der Waals surface area contributed by atoms with Gasteiger partial charge in [0.25, 0.3) is 0 Å². The molecule has 2 nitrogen and oxygen atoms in total. The second-order valence-corrected chi connectivity index (χ2v) is 5.82. The predicted molar refractivity (Wildman–Crippen MR) is 76.3 cm³/mol. The van der Waals surface area contributed by atoms with Gasteiger partial charge in [0.05, 0.1) is 11.7 Å². The third-order valence-corrected chi connectivity index (χ3v) is 4.21. The quantitative estimate of drug-likeness (QED) is 0.881. The average Bonchev–Trinajstić information content (AvgIpc) is 2.33. The molecule has 92 valence electrons. The molecule has 0 fully saturated rings. The lowest BCUT2D eigenvalue weighted by Gasteiger charge is -2.20. The van der Waals surface area contributed by atoms with Gasteiger partial charge in [0.15, 0.2) is 5.17 Å². The van der Waals surface area contributed by atoms with Gasteiger partial charge < -0.3 is 5.32 Å². The van der Waals surface area contributed by atoms with Gasteiger partial charge in [-0.2, -0.15) is 0 Å². The lowest BCUT2D eigenvalue weighted by Crippen LogP contribution is -2.19. The predicted octanol–water partition coefficient (Wildman–Crippen LogP) is 4.27. The molecule has 1 N–H and O–H groups in total. The van der Waals surface area contributed by atoms with Gasteiger partial charge in [-0.15, -0.1) is 0 Å². The van der Waals surface area contributed by atoms with Crippen LogP contribution >= 0.6 is 27.7 Å². The largest absolute Gasteiger partial charge is 0.334 e. The Labute approximate surface area is 113 Å². The fraction of sp³-hybridized carbons (Fsp3) is 0.417. The van der Waals surface area contributed by atoms with E-state index in [1.54, 1.807) is 17.8 Å². The van der Waals surface area contributed by atoms with Crippen molar-refractivity contribution in [2.75, 3.05) is 11.1 Å². The van der Waals surface area contributed by atoms with E-state index < -0.39 is 0 Å². The molecule has 5 heteroatoms. The Kier molecular flexibility index (Phi) is 4.45. The second kappa shape index (κ2) is 5.87. The van der Waals surface area contributed by atoms with Gasteiger partial charge in [0.2, 0.25) is 0 Å². The molecule has 17 heavy (non-hydrogen) atoms. The van der Waals surface area contributed by atoms with Crippen LogP contribution in [0.1, 0.15) is 19.8 Å². The molecule has 0 spiro atoms. The van der Waals surface area contributed by atoms with Crippen LogP contribution in [0.3, 0.4) is 0 Å². The number of anilines is 1. The Balaban J connectivity index is 2.12. The van der Waals surface area contributed by atoms with Crippen LogP contribution in [0.15, 0.2) is 27.7 Å². The monoisotopic (exact) mass is 316 g/mol. The Bertz CT molecular complexity index is 437. The van der Waals surface area contributed by atoms with E-state index in [0.717, 1.165) is 33.9 Å². The molecule has 0 radical (unpaired) electrons. The van der Waals surface area contributed by atoms with Gasteiger partial charge in [0, 0.05) is 10.2 Å². The van der Waals surface area contributed by atoms with Gasteiger partial charge in [-0.25, -0.2) is 4.39 Å². The minimum Gasteiger partial charge on any atom is -0.334 e. The standard InChI is InChI=1S/C12H14BrFN2S/c1-2-9-5-6-17-12(15-9)16-11-4-3-8(14)7-10(11)13/h3-4,7,9H,2,5-6H2,1H3,(H,15,16). The molecule has 1 aliphatic rings. The maximum absolute atomic E-state index is 12.9. The molecule has 2 rings (SSSR count). The molecule has 1 aliphatic heterocycles. The maximum Gasteiger partial charge on any atom is 0.161 e. The number of benzene rings is 1. The van der Waals surface area contributed by atoms with Crippen molar-refractivity contribution < 1.29 is 4.39 Å². The Morgan fingerprint density at radius 2 is 2.41 bits per heavy atom. The number of nitrogens with one attached hydrogen (secondary N) is 1. The van der Waals surface area contributed by atoms with Crippen molar-refractivity contribution in [3.63, 3.8) is 0 Å². The number of amidine groups is 1. The number of nitrogens with zero attached hydrogens (tertiary/aromatic N) is 1. The van der Waals surface area contributed by atoms with Crippen LogP contribution in [-0.4, -0.2) is 17.0 Å². The first kappa shape index (κ1) is 12.9. The topological polar surface area (TPSA) is 24.4 Å².